The van der Waals surface area contributed by atoms with Gasteiger partial charge in [-0.2, -0.15) is 0 Å². The highest BCUT2D eigenvalue weighted by Crippen LogP contribution is 2.18. The van der Waals surface area contributed by atoms with Crippen LogP contribution in [-0.2, 0) is 11.3 Å². The number of nitrogens with two attached hydrogens (primary N) is 1. The third-order valence-electron chi connectivity index (χ3n) is 4.01. The van der Waals surface area contributed by atoms with E-state index in [1.165, 1.54) is 24.3 Å². The van der Waals surface area contributed by atoms with Crippen molar-refractivity contribution in [2.75, 3.05) is 16.8 Å². The molecule has 8 nitrogen and oxygen atoms in total. The van der Waals surface area contributed by atoms with Crippen molar-refractivity contribution in [1.29, 1.82) is 0 Å². The normalized spacial score (nSPS) is 10.5. The zero-order chi connectivity index (χ0) is 22.4. The number of aromatic amines is 1. The zero-order valence-electron chi connectivity index (χ0n) is 15.9. The molecule has 2 amide bonds. The minimum absolute atomic E-state index is 0.0277. The average Bonchev–Trinajstić information content (AvgIpc) is 2.74. The number of carbonyl (C=O) groups is 2. The highest BCUT2D eigenvalue weighted by Gasteiger charge is 2.15. The van der Waals surface area contributed by atoms with E-state index < -0.39 is 11.5 Å². The maximum Gasteiger partial charge on any atom is 0.277 e. The number of carbonyl (C=O) groups excluding carboxylic acids is 2. The molecule has 0 bridgehead atoms. The van der Waals surface area contributed by atoms with Crippen molar-refractivity contribution in [3.63, 3.8) is 0 Å². The first-order chi connectivity index (χ1) is 14.8. The number of hydrogen-bond donors (Lipinski definition) is 4. The monoisotopic (exact) mass is 461 g/mol. The molecule has 0 unspecified atom stereocenters. The summed E-state index contributed by atoms with van der Waals surface area (Å²) in [5, 5.41) is 5.70. The second-order valence-corrected chi connectivity index (χ2v) is 7.68. The number of anilines is 2. The van der Waals surface area contributed by atoms with Gasteiger partial charge in [0, 0.05) is 17.1 Å². The molecule has 2 aromatic carbocycles. The minimum atomic E-state index is -0.649. The Bertz CT molecular complexity index is 1150. The van der Waals surface area contributed by atoms with Gasteiger partial charge in [-0.1, -0.05) is 35.5 Å². The first-order valence-electron chi connectivity index (χ1n) is 8.92. The van der Waals surface area contributed by atoms with Gasteiger partial charge in [0.15, 0.2) is 11.0 Å². The molecule has 1 aromatic heterocycles. The fraction of sp³-hybridized carbons (Fsp3) is 0.100. The average molecular weight is 462 g/mol. The molecule has 31 heavy (non-hydrogen) atoms. The summed E-state index contributed by atoms with van der Waals surface area (Å²) in [7, 11) is 0. The lowest BCUT2D eigenvalue weighted by atomic mass is 10.2. The van der Waals surface area contributed by atoms with Crippen LogP contribution in [-0.4, -0.2) is 27.5 Å². The Kier molecular flexibility index (Phi) is 7.27. The molecule has 0 saturated heterocycles. The molecule has 0 saturated carbocycles. The summed E-state index contributed by atoms with van der Waals surface area (Å²) in [6.45, 7) is 0.238. The van der Waals surface area contributed by atoms with E-state index in [-0.39, 0.29) is 40.7 Å². The van der Waals surface area contributed by atoms with Gasteiger partial charge in [0.25, 0.3) is 11.5 Å². The Balaban J connectivity index is 1.57. The number of nitrogens with one attached hydrogen (secondary N) is 3. The van der Waals surface area contributed by atoms with Gasteiger partial charge in [-0.05, 0) is 42.0 Å². The molecule has 0 atom stereocenters. The van der Waals surface area contributed by atoms with Crippen molar-refractivity contribution < 1.29 is 14.0 Å². The van der Waals surface area contributed by atoms with Crippen molar-refractivity contribution in [2.24, 2.45) is 0 Å². The molecule has 11 heteroatoms. The van der Waals surface area contributed by atoms with E-state index in [0.717, 1.165) is 17.3 Å². The number of amides is 2. The van der Waals surface area contributed by atoms with Crippen molar-refractivity contribution in [3.05, 3.63) is 80.9 Å². The minimum Gasteiger partial charge on any atom is -0.382 e. The predicted octanol–water partition coefficient (Wildman–Crippen LogP) is 2.81. The van der Waals surface area contributed by atoms with Gasteiger partial charge in [-0.25, -0.2) is 9.37 Å². The molecular weight excluding hydrogens is 445 g/mol. The number of hydrogen-bond acceptors (Lipinski definition) is 6. The molecule has 0 aliphatic heterocycles. The number of halogens is 2. The smallest absolute Gasteiger partial charge is 0.277 e. The fourth-order valence-corrected chi connectivity index (χ4v) is 3.26. The number of aromatic nitrogens is 2. The Morgan fingerprint density at radius 3 is 2.45 bits per heavy atom. The first kappa shape index (κ1) is 22.3. The van der Waals surface area contributed by atoms with Crippen LogP contribution in [0.5, 0.6) is 0 Å². The number of nitrogen functional groups attached to an aromatic ring is 1. The van der Waals surface area contributed by atoms with Crippen LogP contribution in [0.4, 0.5) is 15.9 Å². The lowest BCUT2D eigenvalue weighted by Crippen LogP contribution is -2.25. The highest BCUT2D eigenvalue weighted by molar-refractivity contribution is 7.99. The largest absolute Gasteiger partial charge is 0.382 e. The highest BCUT2D eigenvalue weighted by atomic mass is 35.5. The quantitative estimate of drug-likeness (QED) is 0.316. The molecule has 3 aromatic rings. The zero-order valence-corrected chi connectivity index (χ0v) is 17.5. The van der Waals surface area contributed by atoms with Crippen molar-refractivity contribution >= 4 is 46.7 Å². The van der Waals surface area contributed by atoms with Crippen molar-refractivity contribution in [1.82, 2.24) is 15.3 Å². The summed E-state index contributed by atoms with van der Waals surface area (Å²) in [5.74, 6) is -1.42. The van der Waals surface area contributed by atoms with Gasteiger partial charge in [-0.15, -0.1) is 0 Å². The van der Waals surface area contributed by atoms with Gasteiger partial charge in [0.05, 0.1) is 5.75 Å². The van der Waals surface area contributed by atoms with Crippen molar-refractivity contribution in [3.8, 4) is 0 Å². The molecular formula is C20H17ClFN5O3S. The molecule has 0 aliphatic carbocycles. The maximum atomic E-state index is 12.9. The number of H-pyrrole nitrogens is 1. The number of benzene rings is 2. The standard InChI is InChI=1S/C20H17ClFN5O3S/c21-13-5-3-12(4-6-13)18(29)25-16-17(23)26-20(27-19(16)30)31-10-15(28)24-9-11-1-7-14(22)8-2-11/h1-8H,9-10H2,(H,24,28)(H,25,29)(H3,23,26,27,30). The Labute approximate surface area is 185 Å². The van der Waals surface area contributed by atoms with E-state index in [2.05, 4.69) is 20.6 Å². The maximum absolute atomic E-state index is 12.9. The van der Waals surface area contributed by atoms with E-state index in [1.54, 1.807) is 24.3 Å². The van der Waals surface area contributed by atoms with Crippen LogP contribution in [0.3, 0.4) is 0 Å². The molecule has 0 aliphatic rings. The third kappa shape index (κ3) is 6.30. The Morgan fingerprint density at radius 2 is 1.81 bits per heavy atom. The van der Waals surface area contributed by atoms with E-state index in [4.69, 9.17) is 17.3 Å². The summed E-state index contributed by atoms with van der Waals surface area (Å²) in [6, 6.07) is 11.8. The second-order valence-electron chi connectivity index (χ2n) is 6.28. The van der Waals surface area contributed by atoms with Gasteiger partial charge in [0.2, 0.25) is 5.91 Å². The lowest BCUT2D eigenvalue weighted by Gasteiger charge is -2.09. The van der Waals surface area contributed by atoms with Crippen LogP contribution < -0.4 is 21.9 Å². The number of nitrogens with zero attached hydrogens (tertiary/aromatic N) is 1. The Hall–Kier alpha value is -3.37. The van der Waals surface area contributed by atoms with Crippen LogP contribution in [0.15, 0.2) is 58.5 Å². The molecule has 3 rings (SSSR count). The molecule has 0 fully saturated rings. The van der Waals surface area contributed by atoms with Gasteiger partial charge in [-0.3, -0.25) is 19.4 Å². The van der Waals surface area contributed by atoms with Crippen LogP contribution >= 0.6 is 23.4 Å². The van der Waals surface area contributed by atoms with Crippen LogP contribution in [0.1, 0.15) is 15.9 Å². The summed E-state index contributed by atoms with van der Waals surface area (Å²) < 4.78 is 12.9. The molecule has 0 radical (unpaired) electrons. The molecule has 1 heterocycles. The second kappa shape index (κ2) is 10.1. The molecule has 5 N–H and O–H groups in total. The van der Waals surface area contributed by atoms with E-state index in [0.29, 0.717) is 10.6 Å². The van der Waals surface area contributed by atoms with Crippen LogP contribution in [0.25, 0.3) is 0 Å². The van der Waals surface area contributed by atoms with Crippen LogP contribution in [0, 0.1) is 5.82 Å². The first-order valence-corrected chi connectivity index (χ1v) is 10.3. The Morgan fingerprint density at radius 1 is 1.13 bits per heavy atom. The van der Waals surface area contributed by atoms with Gasteiger partial charge < -0.3 is 16.4 Å². The molecule has 160 valence electrons. The van der Waals surface area contributed by atoms with Crippen molar-refractivity contribution in [2.45, 2.75) is 11.7 Å². The lowest BCUT2D eigenvalue weighted by molar-refractivity contribution is -0.118. The van der Waals surface area contributed by atoms with Gasteiger partial charge in [0.1, 0.15) is 11.5 Å². The number of rotatable bonds is 7. The summed E-state index contributed by atoms with van der Waals surface area (Å²) in [6.07, 6.45) is 0. The van der Waals surface area contributed by atoms with E-state index in [1.807, 2.05) is 0 Å². The van der Waals surface area contributed by atoms with Gasteiger partial charge >= 0.3 is 0 Å². The number of thioether (sulfide) groups is 1. The topological polar surface area (TPSA) is 130 Å². The predicted molar refractivity (Wildman–Crippen MR) is 118 cm³/mol. The SMILES string of the molecule is Nc1nc(SCC(=O)NCc2ccc(F)cc2)[nH]c(=O)c1NC(=O)c1ccc(Cl)cc1. The summed E-state index contributed by atoms with van der Waals surface area (Å²) >= 11 is 6.77. The van der Waals surface area contributed by atoms with Crippen LogP contribution in [0.2, 0.25) is 5.02 Å². The van der Waals surface area contributed by atoms with E-state index >= 15 is 0 Å². The molecule has 0 spiro atoms. The summed E-state index contributed by atoms with van der Waals surface area (Å²) in [5.41, 5.74) is 6.01. The third-order valence-corrected chi connectivity index (χ3v) is 5.14. The summed E-state index contributed by atoms with van der Waals surface area (Å²) in [4.78, 5) is 43.1. The fourth-order valence-electron chi connectivity index (χ4n) is 2.43. The van der Waals surface area contributed by atoms with E-state index in [9.17, 15) is 18.8 Å².